The molecule has 5 aromatic rings. The van der Waals surface area contributed by atoms with Crippen LogP contribution >= 0.6 is 0 Å². The summed E-state index contributed by atoms with van der Waals surface area (Å²) in [6, 6.07) is 26.5. The highest BCUT2D eigenvalue weighted by Gasteiger charge is 2.43. The van der Waals surface area contributed by atoms with Crippen LogP contribution in [-0.4, -0.2) is 25.8 Å². The van der Waals surface area contributed by atoms with E-state index >= 15 is 0 Å². The van der Waals surface area contributed by atoms with Gasteiger partial charge in [-0.15, -0.1) is 0 Å². The van der Waals surface area contributed by atoms with Gasteiger partial charge in [0.2, 0.25) is 0 Å². The molecule has 5 heteroatoms. The average molecular weight is 586 g/mol. The average Bonchev–Trinajstić information content (AvgIpc) is 3.57. The number of fused-ring (bicyclic) bond motifs is 2. The summed E-state index contributed by atoms with van der Waals surface area (Å²) in [5.74, 6) is -0.429. The number of unbranched alkanes of at least 4 members (excludes halogenated alkanes) is 4. The smallest absolute Gasteiger partial charge is 0.262 e. The van der Waals surface area contributed by atoms with Crippen LogP contribution in [0.4, 0.5) is 0 Å². The van der Waals surface area contributed by atoms with E-state index in [9.17, 15) is 9.59 Å². The summed E-state index contributed by atoms with van der Waals surface area (Å²) >= 11 is 0. The Labute approximate surface area is 260 Å². The van der Waals surface area contributed by atoms with Gasteiger partial charge in [0, 0.05) is 57.4 Å². The number of benzene rings is 3. The minimum absolute atomic E-state index is 0.213. The lowest BCUT2D eigenvalue weighted by Crippen LogP contribution is -2.31. The van der Waals surface area contributed by atoms with Gasteiger partial charge in [0.15, 0.2) is 0 Å². The molecule has 2 aromatic heterocycles. The van der Waals surface area contributed by atoms with Crippen LogP contribution in [0.2, 0.25) is 0 Å². The van der Waals surface area contributed by atoms with Crippen LogP contribution < -0.4 is 0 Å². The second-order valence-electron chi connectivity index (χ2n) is 12.1. The van der Waals surface area contributed by atoms with Gasteiger partial charge in [-0.25, -0.2) is 0 Å². The maximum atomic E-state index is 14.7. The number of aryl methyl sites for hydroxylation is 2. The number of rotatable bonds is 12. The van der Waals surface area contributed by atoms with Crippen LogP contribution in [0.3, 0.4) is 0 Å². The largest absolute Gasteiger partial charge is 0.344 e. The molecule has 3 aromatic carbocycles. The summed E-state index contributed by atoms with van der Waals surface area (Å²) in [4.78, 5) is 30.7. The van der Waals surface area contributed by atoms with Gasteiger partial charge < -0.3 is 9.13 Å². The highest BCUT2D eigenvalue weighted by Crippen LogP contribution is 2.45. The third-order valence-corrected chi connectivity index (χ3v) is 9.25. The number of hydrogen-bond donors (Lipinski definition) is 0. The first-order valence-electron chi connectivity index (χ1n) is 16.3. The molecule has 0 bridgehead atoms. The molecule has 0 saturated heterocycles. The van der Waals surface area contributed by atoms with Gasteiger partial charge in [0.25, 0.3) is 11.8 Å². The highest BCUT2D eigenvalue weighted by molar-refractivity contribution is 6.51. The number of nitrogens with zero attached hydrogens (tertiary/aromatic N) is 3. The topological polar surface area (TPSA) is 47.2 Å². The lowest BCUT2D eigenvalue weighted by molar-refractivity contribution is -0.136. The molecule has 0 spiro atoms. The van der Waals surface area contributed by atoms with Crippen LogP contribution in [-0.2, 0) is 29.2 Å². The van der Waals surface area contributed by atoms with E-state index in [1.807, 2.05) is 42.5 Å². The Morgan fingerprint density at radius 2 is 1.05 bits per heavy atom. The van der Waals surface area contributed by atoms with Crippen molar-refractivity contribution in [1.29, 1.82) is 0 Å². The number of amides is 2. The van der Waals surface area contributed by atoms with Crippen LogP contribution in [0.25, 0.3) is 33.0 Å². The number of carbonyl (C=O) groups is 2. The second kappa shape index (κ2) is 12.7. The van der Waals surface area contributed by atoms with Crippen molar-refractivity contribution >= 4 is 44.8 Å². The van der Waals surface area contributed by atoms with Crippen LogP contribution in [0.5, 0.6) is 0 Å². The zero-order valence-corrected chi connectivity index (χ0v) is 26.5. The van der Waals surface area contributed by atoms with E-state index in [0.717, 1.165) is 75.8 Å². The van der Waals surface area contributed by atoms with Gasteiger partial charge in [-0.3, -0.25) is 14.5 Å². The van der Waals surface area contributed by atoms with E-state index in [0.29, 0.717) is 11.1 Å². The van der Waals surface area contributed by atoms with Crippen molar-refractivity contribution in [3.8, 4) is 0 Å². The maximum absolute atomic E-state index is 14.7. The van der Waals surface area contributed by atoms with Crippen molar-refractivity contribution in [2.75, 3.05) is 0 Å². The fourth-order valence-electron chi connectivity index (χ4n) is 7.12. The molecular formula is C39H43N3O2. The Hall–Kier alpha value is -4.38. The summed E-state index contributed by atoms with van der Waals surface area (Å²) in [5, 5.41) is 2.05. The molecule has 3 heterocycles. The number of para-hydroxylation sites is 2. The van der Waals surface area contributed by atoms with Crippen molar-refractivity contribution < 1.29 is 9.59 Å². The highest BCUT2D eigenvalue weighted by atomic mass is 16.2. The van der Waals surface area contributed by atoms with Crippen LogP contribution in [0, 0.1) is 13.8 Å². The molecule has 0 atom stereocenters. The molecule has 6 rings (SSSR count). The predicted octanol–water partition coefficient (Wildman–Crippen LogP) is 9.07. The van der Waals surface area contributed by atoms with E-state index < -0.39 is 0 Å². The lowest BCUT2D eigenvalue weighted by atomic mass is 9.93. The summed E-state index contributed by atoms with van der Waals surface area (Å²) in [7, 11) is 0. The normalized spacial score (nSPS) is 13.8. The second-order valence-corrected chi connectivity index (χ2v) is 12.1. The van der Waals surface area contributed by atoms with E-state index in [1.54, 1.807) is 0 Å². The fraction of sp³-hybridized carbons (Fsp3) is 0.333. The fourth-order valence-corrected chi connectivity index (χ4v) is 7.12. The van der Waals surface area contributed by atoms with E-state index in [1.165, 1.54) is 30.6 Å². The first-order chi connectivity index (χ1) is 21.5. The number of aromatic nitrogens is 2. The van der Waals surface area contributed by atoms with Crippen molar-refractivity contribution in [2.45, 2.75) is 85.9 Å². The van der Waals surface area contributed by atoms with Gasteiger partial charge in [0.1, 0.15) is 0 Å². The monoisotopic (exact) mass is 585 g/mol. The summed E-state index contributed by atoms with van der Waals surface area (Å²) in [6.45, 7) is 10.6. The Morgan fingerprint density at radius 3 is 1.59 bits per heavy atom. The standard InChI is InChI=1S/C39H43N3O2/c1-5-7-8-9-17-25-41-28(4)35(31-21-14-16-23-33(31)41)37-36(38(43)42(39(37)44)26-29-18-11-10-12-19-29)34-27(3)40(24-6-2)32-22-15-13-20-30(32)34/h10-16,18-23H,5-9,17,24-26H2,1-4H3. The summed E-state index contributed by atoms with van der Waals surface area (Å²) < 4.78 is 4.67. The Balaban J connectivity index is 1.58. The quantitative estimate of drug-likeness (QED) is 0.108. The molecule has 0 fully saturated rings. The molecule has 44 heavy (non-hydrogen) atoms. The van der Waals surface area contributed by atoms with Crippen molar-refractivity contribution in [1.82, 2.24) is 14.0 Å². The molecule has 0 radical (unpaired) electrons. The molecule has 1 aliphatic rings. The molecule has 5 nitrogen and oxygen atoms in total. The molecule has 0 saturated carbocycles. The molecule has 226 valence electrons. The van der Waals surface area contributed by atoms with Crippen molar-refractivity contribution in [3.63, 3.8) is 0 Å². The first kappa shape index (κ1) is 29.7. The van der Waals surface area contributed by atoms with Crippen LogP contribution in [0.1, 0.15) is 80.5 Å². The lowest BCUT2D eigenvalue weighted by Gasteiger charge is -2.15. The Morgan fingerprint density at radius 1 is 0.545 bits per heavy atom. The van der Waals surface area contributed by atoms with Crippen LogP contribution in [0.15, 0.2) is 78.9 Å². The van der Waals surface area contributed by atoms with E-state index in [-0.39, 0.29) is 18.4 Å². The number of hydrogen-bond acceptors (Lipinski definition) is 2. The van der Waals surface area contributed by atoms with Crippen molar-refractivity contribution in [3.05, 3.63) is 107 Å². The zero-order chi connectivity index (χ0) is 30.8. The number of imide groups is 1. The molecule has 0 N–H and O–H groups in total. The summed E-state index contributed by atoms with van der Waals surface area (Å²) in [6.07, 6.45) is 6.95. The molecule has 0 aliphatic carbocycles. The van der Waals surface area contributed by atoms with E-state index in [2.05, 4.69) is 73.2 Å². The minimum Gasteiger partial charge on any atom is -0.344 e. The molecule has 1 aliphatic heterocycles. The van der Waals surface area contributed by atoms with Gasteiger partial charge in [-0.05, 0) is 44.4 Å². The van der Waals surface area contributed by atoms with E-state index in [4.69, 9.17) is 0 Å². The number of carbonyl (C=O) groups excluding carboxylic acids is 2. The van der Waals surface area contributed by atoms with Gasteiger partial charge >= 0.3 is 0 Å². The molecule has 2 amide bonds. The Kier molecular flexibility index (Phi) is 8.56. The van der Waals surface area contributed by atoms with Crippen molar-refractivity contribution in [2.24, 2.45) is 0 Å². The minimum atomic E-state index is -0.216. The summed E-state index contributed by atoms with van der Waals surface area (Å²) in [5.41, 5.74) is 8.07. The van der Waals surface area contributed by atoms with Gasteiger partial charge in [-0.1, -0.05) is 106 Å². The zero-order valence-electron chi connectivity index (χ0n) is 26.5. The third-order valence-electron chi connectivity index (χ3n) is 9.25. The molecule has 0 unspecified atom stereocenters. The SMILES string of the molecule is CCCCCCCn1c(C)c(C2=C(c3c(C)n(CCC)c4ccccc34)C(=O)N(Cc3ccccc3)C2=O)c2ccccc21. The Bertz CT molecular complexity index is 1870. The predicted molar refractivity (Wildman–Crippen MR) is 181 cm³/mol. The first-order valence-corrected chi connectivity index (χ1v) is 16.3. The van der Waals surface area contributed by atoms with Gasteiger partial charge in [-0.2, -0.15) is 0 Å². The maximum Gasteiger partial charge on any atom is 0.262 e. The molecular weight excluding hydrogens is 542 g/mol. The third kappa shape index (κ3) is 5.08. The van der Waals surface area contributed by atoms with Gasteiger partial charge in [0.05, 0.1) is 17.7 Å².